The number of nitrogens with zero attached hydrogens (tertiary/aromatic N) is 4. The van der Waals surface area contributed by atoms with E-state index in [4.69, 9.17) is 9.47 Å². The Morgan fingerprint density at radius 3 is 1.74 bits per heavy atom. The fraction of sp³-hybridized carbons (Fsp3) is 0.520. The highest BCUT2D eigenvalue weighted by Crippen LogP contribution is 2.19. The summed E-state index contributed by atoms with van der Waals surface area (Å²) < 4.78 is 10.0. The van der Waals surface area contributed by atoms with Crippen LogP contribution in [0.5, 0.6) is 0 Å². The fourth-order valence-corrected chi connectivity index (χ4v) is 3.29. The SMILES string of the molecule is C=CCC.C=CCN1CC(=O)N(CC=C)C1=O.O=C1CN(CC2CO2)C(=O)N1CC1CO1.O=C1CNC(=O)N1. The average Bonchev–Trinajstić information content (AvgIpc) is 3.83. The summed E-state index contributed by atoms with van der Waals surface area (Å²) in [6.07, 6.45) is 6.30. The Balaban J connectivity index is 0.000000202. The Morgan fingerprint density at radius 2 is 1.31 bits per heavy atom. The molecule has 2 N–H and O–H groups in total. The molecule has 2 unspecified atom stereocenters. The van der Waals surface area contributed by atoms with Crippen LogP contribution in [0.2, 0.25) is 0 Å². The zero-order chi connectivity index (χ0) is 28.9. The number of amides is 9. The highest BCUT2D eigenvalue weighted by molar-refractivity contribution is 6.03. The van der Waals surface area contributed by atoms with Gasteiger partial charge in [0.1, 0.15) is 13.1 Å². The van der Waals surface area contributed by atoms with E-state index >= 15 is 0 Å². The largest absolute Gasteiger partial charge is 0.371 e. The van der Waals surface area contributed by atoms with Gasteiger partial charge in [0.05, 0.1) is 45.1 Å². The van der Waals surface area contributed by atoms with Crippen molar-refractivity contribution in [3.05, 3.63) is 38.0 Å². The molecule has 9 amide bonds. The molecule has 214 valence electrons. The van der Waals surface area contributed by atoms with E-state index < -0.39 is 6.03 Å². The minimum atomic E-state index is -0.398. The van der Waals surface area contributed by atoms with Crippen LogP contribution < -0.4 is 10.6 Å². The highest BCUT2D eigenvalue weighted by atomic mass is 16.6. The third kappa shape index (κ3) is 10.3. The van der Waals surface area contributed by atoms with Gasteiger partial charge in [-0.25, -0.2) is 14.4 Å². The zero-order valence-corrected chi connectivity index (χ0v) is 22.1. The summed E-state index contributed by atoms with van der Waals surface area (Å²) in [5.41, 5.74) is 0. The number of urea groups is 3. The minimum Gasteiger partial charge on any atom is -0.371 e. The van der Waals surface area contributed by atoms with E-state index in [-0.39, 0.29) is 68.2 Å². The molecule has 5 heterocycles. The smallest absolute Gasteiger partial charge is 0.327 e. The first kappa shape index (κ1) is 31.2. The molecule has 5 aliphatic heterocycles. The first-order chi connectivity index (χ1) is 18.6. The number of imide groups is 3. The maximum atomic E-state index is 11.8. The van der Waals surface area contributed by atoms with Crippen LogP contribution >= 0.6 is 0 Å². The number of epoxide rings is 2. The number of hydrogen-bond acceptors (Lipinski definition) is 8. The van der Waals surface area contributed by atoms with Gasteiger partial charge in [0.25, 0.3) is 5.91 Å². The summed E-state index contributed by atoms with van der Waals surface area (Å²) >= 11 is 0. The molecule has 0 saturated carbocycles. The second-order valence-corrected chi connectivity index (χ2v) is 8.75. The average molecular weight is 549 g/mol. The lowest BCUT2D eigenvalue weighted by Crippen LogP contribution is -2.36. The van der Waals surface area contributed by atoms with Gasteiger partial charge in [0, 0.05) is 13.1 Å². The van der Waals surface area contributed by atoms with Gasteiger partial charge in [0.15, 0.2) is 0 Å². The molecule has 0 aliphatic carbocycles. The Morgan fingerprint density at radius 1 is 0.795 bits per heavy atom. The Kier molecular flexibility index (Phi) is 12.3. The number of nitrogens with one attached hydrogen (secondary N) is 2. The van der Waals surface area contributed by atoms with E-state index in [1.54, 1.807) is 11.0 Å². The van der Waals surface area contributed by atoms with Gasteiger partial charge in [-0.3, -0.25) is 29.5 Å². The molecule has 0 aromatic heterocycles. The third-order valence-electron chi connectivity index (χ3n) is 5.48. The maximum Gasteiger partial charge on any atom is 0.327 e. The van der Waals surface area contributed by atoms with Crippen LogP contribution in [0.15, 0.2) is 38.0 Å². The molecule has 0 bridgehead atoms. The predicted octanol–water partition coefficient (Wildman–Crippen LogP) is 0.0790. The normalized spacial score (nSPS) is 22.6. The summed E-state index contributed by atoms with van der Waals surface area (Å²) in [5, 5.41) is 4.30. The molecule has 5 saturated heterocycles. The maximum absolute atomic E-state index is 11.8. The molecule has 5 fully saturated rings. The lowest BCUT2D eigenvalue weighted by Gasteiger charge is -2.14. The second-order valence-electron chi connectivity index (χ2n) is 8.75. The lowest BCUT2D eigenvalue weighted by molar-refractivity contribution is -0.126. The first-order valence-electron chi connectivity index (χ1n) is 12.5. The quantitative estimate of drug-likeness (QED) is 0.232. The van der Waals surface area contributed by atoms with Crippen molar-refractivity contribution >= 4 is 35.8 Å². The fourth-order valence-electron chi connectivity index (χ4n) is 3.29. The number of carbonyl (C=O) groups is 6. The predicted molar refractivity (Wildman–Crippen MR) is 139 cm³/mol. The summed E-state index contributed by atoms with van der Waals surface area (Å²) in [5.74, 6) is -0.562. The van der Waals surface area contributed by atoms with Gasteiger partial charge in [-0.15, -0.1) is 19.7 Å². The number of hydrogen-bond donors (Lipinski definition) is 2. The standard InChI is InChI=1S/C9H12N2O4.C9H12N2O2.C4H8.C3H4N2O2/c12-8-3-10(1-6-4-14-6)9(13)11(8)2-7-5-15-7;1-3-5-10-7-8(12)11(6-4-2)9(10)13;1-3-4-2;6-2-1-4-3(7)5-2/h6-7H,1-5H2;3-4H,1-2,5-7H2;3H,1,4H2,2H3;1H2,(H2,4,5,6,7). The minimum absolute atomic E-state index is 0.0648. The monoisotopic (exact) mass is 548 g/mol. The molecule has 14 nitrogen and oxygen atoms in total. The summed E-state index contributed by atoms with van der Waals surface area (Å²) in [4.78, 5) is 71.5. The molecule has 2 atom stereocenters. The van der Waals surface area contributed by atoms with E-state index in [1.807, 2.05) is 11.4 Å². The molecular weight excluding hydrogens is 512 g/mol. The molecule has 39 heavy (non-hydrogen) atoms. The number of allylic oxidation sites excluding steroid dienone is 1. The van der Waals surface area contributed by atoms with E-state index in [0.29, 0.717) is 32.8 Å². The van der Waals surface area contributed by atoms with Crippen LogP contribution in [0.4, 0.5) is 14.4 Å². The molecule has 14 heteroatoms. The zero-order valence-electron chi connectivity index (χ0n) is 22.1. The third-order valence-corrected chi connectivity index (χ3v) is 5.48. The van der Waals surface area contributed by atoms with Gasteiger partial charge in [-0.05, 0) is 6.42 Å². The number of rotatable bonds is 9. The van der Waals surface area contributed by atoms with E-state index in [0.717, 1.165) is 6.42 Å². The van der Waals surface area contributed by atoms with Crippen molar-refractivity contribution in [2.75, 3.05) is 59.0 Å². The van der Waals surface area contributed by atoms with Gasteiger partial charge >= 0.3 is 18.1 Å². The van der Waals surface area contributed by atoms with Crippen LogP contribution in [0.3, 0.4) is 0 Å². The van der Waals surface area contributed by atoms with Crippen LogP contribution in [-0.4, -0.2) is 127 Å². The van der Waals surface area contributed by atoms with Crippen LogP contribution in [0, 0.1) is 0 Å². The summed E-state index contributed by atoms with van der Waals surface area (Å²) in [7, 11) is 0. The van der Waals surface area contributed by atoms with Crippen LogP contribution in [0.1, 0.15) is 13.3 Å². The van der Waals surface area contributed by atoms with Gasteiger partial charge in [-0.1, -0.05) is 25.2 Å². The van der Waals surface area contributed by atoms with Crippen LogP contribution in [0.25, 0.3) is 0 Å². The van der Waals surface area contributed by atoms with Crippen molar-refractivity contribution in [1.29, 1.82) is 0 Å². The highest BCUT2D eigenvalue weighted by Gasteiger charge is 2.42. The Labute approximate surface area is 227 Å². The van der Waals surface area contributed by atoms with E-state index in [2.05, 4.69) is 32.0 Å². The molecule has 5 aliphatic rings. The summed E-state index contributed by atoms with van der Waals surface area (Å²) in [6.45, 7) is 16.0. The molecule has 0 aromatic rings. The number of ether oxygens (including phenoxy) is 2. The van der Waals surface area contributed by atoms with Crippen molar-refractivity contribution < 1.29 is 38.2 Å². The van der Waals surface area contributed by atoms with Gasteiger partial charge in [0.2, 0.25) is 11.8 Å². The van der Waals surface area contributed by atoms with Gasteiger partial charge < -0.3 is 24.6 Å². The second kappa shape index (κ2) is 15.4. The first-order valence-corrected chi connectivity index (χ1v) is 12.5. The molecule has 0 aromatic carbocycles. The van der Waals surface area contributed by atoms with Crippen molar-refractivity contribution in [1.82, 2.24) is 30.2 Å². The molecule has 0 radical (unpaired) electrons. The Hall–Kier alpha value is -4.04. The molecule has 5 rings (SSSR count). The van der Waals surface area contributed by atoms with Gasteiger partial charge in [-0.2, -0.15) is 0 Å². The van der Waals surface area contributed by atoms with Crippen molar-refractivity contribution in [3.63, 3.8) is 0 Å². The molecular formula is C25H36N6O8. The van der Waals surface area contributed by atoms with E-state index in [9.17, 15) is 28.8 Å². The molecule has 0 spiro atoms. The van der Waals surface area contributed by atoms with E-state index in [1.165, 1.54) is 20.8 Å². The van der Waals surface area contributed by atoms with Crippen molar-refractivity contribution in [2.24, 2.45) is 0 Å². The Bertz CT molecular complexity index is 964. The lowest BCUT2D eigenvalue weighted by atomic mass is 10.4. The number of carbonyl (C=O) groups excluding carboxylic acids is 6. The van der Waals surface area contributed by atoms with Crippen molar-refractivity contribution in [2.45, 2.75) is 25.6 Å². The topological polar surface area (TPSA) is 164 Å². The van der Waals surface area contributed by atoms with Crippen LogP contribution in [-0.2, 0) is 23.9 Å². The summed E-state index contributed by atoms with van der Waals surface area (Å²) in [6, 6.07) is -0.860. The van der Waals surface area contributed by atoms with Crippen molar-refractivity contribution in [3.8, 4) is 0 Å².